The van der Waals surface area contributed by atoms with E-state index in [4.69, 9.17) is 54.6 Å². The molecule has 0 unspecified atom stereocenters. The SMILES string of the molecule is CC(=O)[O-].CC(=O)[O-].ClC(Cl)Cl.[Zn+2]. The van der Waals surface area contributed by atoms with Crippen molar-refractivity contribution in [2.45, 2.75) is 18.1 Å². The largest absolute Gasteiger partial charge is 2.00 e. The second-order valence-electron chi connectivity index (χ2n) is 1.23. The molecule has 0 N–H and O–H groups in total. The molecule has 0 saturated carbocycles. The normalized spacial score (nSPS) is 6.62. The average molecular weight is 303 g/mol. The quantitative estimate of drug-likeness (QED) is 0.446. The summed E-state index contributed by atoms with van der Waals surface area (Å²) < 4.78 is -0.750. The maximum atomic E-state index is 8.89. The van der Waals surface area contributed by atoms with Gasteiger partial charge >= 0.3 is 19.5 Å². The number of carbonyl (C=O) groups is 2. The van der Waals surface area contributed by atoms with Crippen LogP contribution < -0.4 is 10.2 Å². The fourth-order valence-electron chi connectivity index (χ4n) is 0. The van der Waals surface area contributed by atoms with Crippen LogP contribution in [0.5, 0.6) is 0 Å². The standard InChI is InChI=1S/2C2H4O2.CHCl3.Zn/c2*1-2(3)4;2-1(3)4;/h2*1H3,(H,3,4);1H;/q;;;+2/p-2. The van der Waals surface area contributed by atoms with Gasteiger partial charge in [-0.3, -0.25) is 0 Å². The fraction of sp³-hybridized carbons (Fsp3) is 0.600. The van der Waals surface area contributed by atoms with Crippen LogP contribution in [0.2, 0.25) is 0 Å². The molecule has 0 fully saturated rings. The van der Waals surface area contributed by atoms with Gasteiger partial charge in [0.2, 0.25) is 0 Å². The molecule has 0 aliphatic heterocycles. The van der Waals surface area contributed by atoms with E-state index < -0.39 is 16.2 Å². The average Bonchev–Trinajstić information content (AvgIpc) is 1.54. The van der Waals surface area contributed by atoms with Crippen molar-refractivity contribution in [1.29, 1.82) is 0 Å². The Morgan fingerprint density at radius 1 is 1.00 bits per heavy atom. The first-order valence-electron chi connectivity index (χ1n) is 2.47. The number of alkyl halides is 3. The fourth-order valence-corrected chi connectivity index (χ4v) is 0. The van der Waals surface area contributed by atoms with E-state index in [0.29, 0.717) is 0 Å². The number of carboxylic acid groups (broad SMARTS) is 2. The molecule has 0 aliphatic rings. The zero-order valence-corrected chi connectivity index (χ0v) is 12.3. The maximum absolute atomic E-state index is 8.89. The van der Waals surface area contributed by atoms with Crippen LogP contribution in [0.4, 0.5) is 0 Å². The van der Waals surface area contributed by atoms with Gasteiger partial charge in [0.25, 0.3) is 0 Å². The minimum absolute atomic E-state index is 0. The van der Waals surface area contributed by atoms with E-state index in [1.54, 1.807) is 0 Å². The van der Waals surface area contributed by atoms with Gasteiger partial charge in [0.15, 0.2) is 4.30 Å². The number of hydrogen-bond acceptors (Lipinski definition) is 4. The predicted octanol–water partition coefficient (Wildman–Crippen LogP) is -0.504. The molecule has 0 rings (SSSR count). The van der Waals surface area contributed by atoms with E-state index in [9.17, 15) is 0 Å². The van der Waals surface area contributed by atoms with Crippen molar-refractivity contribution in [3.05, 3.63) is 0 Å². The Labute approximate surface area is 104 Å². The molecule has 74 valence electrons. The molecule has 8 heteroatoms. The first-order chi connectivity index (χ1) is 5.20. The molecule has 0 saturated heterocycles. The van der Waals surface area contributed by atoms with E-state index in [0.717, 1.165) is 13.8 Å². The molecule has 0 atom stereocenters. The molecule has 0 amide bonds. The number of halogens is 3. The zero-order chi connectivity index (χ0) is 10.7. The molecule has 0 spiro atoms. The molecule has 0 heterocycles. The van der Waals surface area contributed by atoms with E-state index in [1.165, 1.54) is 0 Å². The number of hydrogen-bond donors (Lipinski definition) is 0. The van der Waals surface area contributed by atoms with Gasteiger partial charge in [0.05, 0.1) is 0 Å². The monoisotopic (exact) mass is 300 g/mol. The third-order valence-corrected chi connectivity index (χ3v) is 0. The second-order valence-corrected chi connectivity index (χ2v) is 3.21. The Morgan fingerprint density at radius 3 is 1.00 bits per heavy atom. The van der Waals surface area contributed by atoms with Crippen LogP contribution in [0, 0.1) is 0 Å². The van der Waals surface area contributed by atoms with Gasteiger partial charge in [0.1, 0.15) is 0 Å². The van der Waals surface area contributed by atoms with Gasteiger partial charge in [-0.15, -0.1) is 0 Å². The smallest absolute Gasteiger partial charge is 0.550 e. The Hall–Kier alpha value is 0.433. The van der Waals surface area contributed by atoms with Gasteiger partial charge in [0, 0.05) is 11.9 Å². The van der Waals surface area contributed by atoms with Crippen LogP contribution in [0.3, 0.4) is 0 Å². The Balaban J connectivity index is -0.0000000450. The summed E-state index contributed by atoms with van der Waals surface area (Å²) in [6, 6.07) is 0. The molecule has 0 aromatic carbocycles. The molecule has 0 aromatic rings. The number of rotatable bonds is 0. The van der Waals surface area contributed by atoms with Gasteiger partial charge in [-0.2, -0.15) is 0 Å². The van der Waals surface area contributed by atoms with Crippen LogP contribution in [0.25, 0.3) is 0 Å². The molecule has 0 aromatic heterocycles. The Kier molecular flexibility index (Phi) is 32.8. The molecule has 0 bridgehead atoms. The van der Waals surface area contributed by atoms with Crippen molar-refractivity contribution in [3.63, 3.8) is 0 Å². The first-order valence-corrected chi connectivity index (χ1v) is 3.78. The summed E-state index contributed by atoms with van der Waals surface area (Å²) >= 11 is 14.4. The topological polar surface area (TPSA) is 80.3 Å². The van der Waals surface area contributed by atoms with E-state index in [2.05, 4.69) is 0 Å². The van der Waals surface area contributed by atoms with Gasteiger partial charge < -0.3 is 19.8 Å². The van der Waals surface area contributed by atoms with E-state index in [-0.39, 0.29) is 19.5 Å². The number of carboxylic acids is 2. The van der Waals surface area contributed by atoms with Crippen molar-refractivity contribution in [3.8, 4) is 0 Å². The minimum atomic E-state index is -1.08. The third-order valence-electron chi connectivity index (χ3n) is 0. The molecule has 13 heavy (non-hydrogen) atoms. The summed E-state index contributed by atoms with van der Waals surface area (Å²) in [5.41, 5.74) is 0. The number of carbonyl (C=O) groups excluding carboxylic acids is 2. The van der Waals surface area contributed by atoms with Crippen molar-refractivity contribution in [2.24, 2.45) is 0 Å². The van der Waals surface area contributed by atoms with Crippen LogP contribution in [0.15, 0.2) is 0 Å². The minimum Gasteiger partial charge on any atom is -0.550 e. The summed E-state index contributed by atoms with van der Waals surface area (Å²) in [5, 5.41) is 17.8. The van der Waals surface area contributed by atoms with Crippen LogP contribution in [-0.2, 0) is 29.1 Å². The van der Waals surface area contributed by atoms with Gasteiger partial charge in [-0.05, 0) is 13.8 Å². The van der Waals surface area contributed by atoms with Crippen LogP contribution >= 0.6 is 34.8 Å². The van der Waals surface area contributed by atoms with Crippen molar-refractivity contribution in [1.82, 2.24) is 0 Å². The summed E-state index contributed by atoms with van der Waals surface area (Å²) in [6.45, 7) is 1.94. The number of aliphatic carboxylic acids is 2. The predicted molar refractivity (Wildman–Crippen MR) is 42.7 cm³/mol. The zero-order valence-electron chi connectivity index (χ0n) is 7.05. The Bertz CT molecular complexity index is 108. The summed E-state index contributed by atoms with van der Waals surface area (Å²) in [4.78, 5) is 17.8. The maximum Gasteiger partial charge on any atom is 2.00 e. The Morgan fingerprint density at radius 2 is 1.00 bits per heavy atom. The van der Waals surface area contributed by atoms with E-state index in [1.807, 2.05) is 0 Å². The van der Waals surface area contributed by atoms with Gasteiger partial charge in [-0.1, -0.05) is 34.8 Å². The van der Waals surface area contributed by atoms with Gasteiger partial charge in [-0.25, -0.2) is 0 Å². The summed E-state index contributed by atoms with van der Waals surface area (Å²) in [6.07, 6.45) is 0. The molecule has 0 aliphatic carbocycles. The summed E-state index contributed by atoms with van der Waals surface area (Å²) in [7, 11) is 0. The van der Waals surface area contributed by atoms with E-state index >= 15 is 0 Å². The molecular weight excluding hydrogens is 296 g/mol. The van der Waals surface area contributed by atoms with Crippen molar-refractivity contribution in [2.75, 3.05) is 0 Å². The molecule has 4 nitrogen and oxygen atoms in total. The summed E-state index contributed by atoms with van der Waals surface area (Å²) in [5.74, 6) is -2.17. The van der Waals surface area contributed by atoms with Crippen molar-refractivity contribution < 1.29 is 39.3 Å². The second kappa shape index (κ2) is 18.3. The van der Waals surface area contributed by atoms with Crippen LogP contribution in [0.1, 0.15) is 13.8 Å². The van der Waals surface area contributed by atoms with Crippen LogP contribution in [-0.4, -0.2) is 16.2 Å². The first kappa shape index (κ1) is 23.3. The van der Waals surface area contributed by atoms with Crippen molar-refractivity contribution >= 4 is 46.7 Å². The molecule has 0 radical (unpaired) electrons. The third kappa shape index (κ3) is 7210. The molecular formula is C5H7Cl3O4Zn.